The predicted molar refractivity (Wildman–Crippen MR) is 103 cm³/mol. The van der Waals surface area contributed by atoms with E-state index in [0.717, 1.165) is 25.7 Å². The van der Waals surface area contributed by atoms with Crippen molar-refractivity contribution in [3.8, 4) is 0 Å². The van der Waals surface area contributed by atoms with Crippen molar-refractivity contribution in [2.45, 2.75) is 51.1 Å². The van der Waals surface area contributed by atoms with Crippen LogP contribution in [0.2, 0.25) is 0 Å². The van der Waals surface area contributed by atoms with Gasteiger partial charge >= 0.3 is 0 Å². The summed E-state index contributed by atoms with van der Waals surface area (Å²) >= 11 is 0. The second-order valence-electron chi connectivity index (χ2n) is 8.23. The van der Waals surface area contributed by atoms with Crippen LogP contribution in [-0.2, 0) is 30.8 Å². The highest BCUT2D eigenvalue weighted by atomic mass is 32.2. The van der Waals surface area contributed by atoms with Crippen molar-refractivity contribution in [1.29, 1.82) is 0 Å². The van der Waals surface area contributed by atoms with Gasteiger partial charge in [-0.05, 0) is 31.4 Å². The number of rotatable bonds is 6. The van der Waals surface area contributed by atoms with Gasteiger partial charge in [0.25, 0.3) is 0 Å². The Morgan fingerprint density at radius 1 is 1.14 bits per heavy atom. The van der Waals surface area contributed by atoms with Crippen molar-refractivity contribution < 1.29 is 27.2 Å². The molecule has 0 radical (unpaired) electrons. The lowest BCUT2D eigenvalue weighted by atomic mass is 9.81. The molecule has 3 aliphatic rings. The van der Waals surface area contributed by atoms with Crippen LogP contribution in [0.4, 0.5) is 0 Å². The summed E-state index contributed by atoms with van der Waals surface area (Å²) in [5.41, 5.74) is 0. The third-order valence-electron chi connectivity index (χ3n) is 6.36. The van der Waals surface area contributed by atoms with E-state index in [1.165, 1.54) is 16.1 Å². The van der Waals surface area contributed by atoms with E-state index in [-0.39, 0.29) is 60.6 Å². The van der Waals surface area contributed by atoms with Crippen LogP contribution in [-0.4, -0.2) is 60.0 Å². The second-order valence-corrected chi connectivity index (χ2v) is 10.5. The monoisotopic (exact) mass is 422 g/mol. The molecule has 0 bridgehead atoms. The smallest absolute Gasteiger partial charge is 0.233 e. The van der Waals surface area contributed by atoms with E-state index < -0.39 is 15.9 Å². The van der Waals surface area contributed by atoms with Gasteiger partial charge in [0.1, 0.15) is 5.76 Å². The van der Waals surface area contributed by atoms with Gasteiger partial charge in [0.05, 0.1) is 36.1 Å². The summed E-state index contributed by atoms with van der Waals surface area (Å²) in [4.78, 5) is 41.0. The maximum Gasteiger partial charge on any atom is 0.233 e. The molecule has 8 nitrogen and oxygen atoms in total. The molecule has 1 aromatic heterocycles. The maximum atomic E-state index is 13.0. The summed E-state index contributed by atoms with van der Waals surface area (Å²) < 4.78 is 29.2. The lowest BCUT2D eigenvalue weighted by Gasteiger charge is -2.28. The van der Waals surface area contributed by atoms with Gasteiger partial charge in [0.15, 0.2) is 9.84 Å². The molecule has 2 aliphatic heterocycles. The molecule has 3 atom stereocenters. The van der Waals surface area contributed by atoms with E-state index in [4.69, 9.17) is 4.42 Å². The van der Waals surface area contributed by atoms with Crippen molar-refractivity contribution in [2.75, 3.05) is 18.1 Å². The Kier molecular flexibility index (Phi) is 5.50. The highest BCUT2D eigenvalue weighted by Crippen LogP contribution is 2.38. The van der Waals surface area contributed by atoms with Crippen molar-refractivity contribution in [3.05, 3.63) is 24.2 Å². The van der Waals surface area contributed by atoms with Crippen molar-refractivity contribution in [3.63, 3.8) is 0 Å². The molecule has 3 heterocycles. The van der Waals surface area contributed by atoms with Gasteiger partial charge in [-0.15, -0.1) is 0 Å². The standard InChI is InChI=1S/C20H26N2O6S/c23-18(7-9-21-19(24)16-5-1-2-6-17(16)20(21)25)22(12-15-4-3-10-28-15)14-8-11-29(26,27)13-14/h3-4,10,14,16-17H,1-2,5-9,11-13H2/t14-,16+,17+/m0/s1. The van der Waals surface area contributed by atoms with Crippen LogP contribution in [0.5, 0.6) is 0 Å². The molecule has 29 heavy (non-hydrogen) atoms. The van der Waals surface area contributed by atoms with Gasteiger partial charge < -0.3 is 9.32 Å². The van der Waals surface area contributed by atoms with Crippen LogP contribution in [0.1, 0.15) is 44.3 Å². The van der Waals surface area contributed by atoms with Gasteiger partial charge in [-0.1, -0.05) is 12.8 Å². The molecule has 1 saturated carbocycles. The Morgan fingerprint density at radius 3 is 2.38 bits per heavy atom. The third kappa shape index (κ3) is 4.10. The van der Waals surface area contributed by atoms with Crippen LogP contribution in [0.15, 0.2) is 22.8 Å². The van der Waals surface area contributed by atoms with E-state index in [1.54, 1.807) is 12.1 Å². The maximum absolute atomic E-state index is 13.0. The molecular weight excluding hydrogens is 396 g/mol. The minimum atomic E-state index is -3.16. The number of carbonyl (C=O) groups excluding carboxylic acids is 3. The molecule has 0 N–H and O–H groups in total. The minimum Gasteiger partial charge on any atom is -0.467 e. The van der Waals surface area contributed by atoms with Crippen molar-refractivity contribution >= 4 is 27.6 Å². The minimum absolute atomic E-state index is 0.00578. The van der Waals surface area contributed by atoms with Crippen molar-refractivity contribution in [2.24, 2.45) is 11.8 Å². The molecule has 158 valence electrons. The number of fused-ring (bicyclic) bond motifs is 1. The average Bonchev–Trinajstić information content (AvgIpc) is 3.39. The van der Waals surface area contributed by atoms with E-state index in [9.17, 15) is 22.8 Å². The number of hydrogen-bond donors (Lipinski definition) is 0. The first-order valence-electron chi connectivity index (χ1n) is 10.2. The molecule has 4 rings (SSSR count). The molecule has 0 spiro atoms. The highest BCUT2D eigenvalue weighted by Gasteiger charge is 2.48. The molecule has 1 aliphatic carbocycles. The fraction of sp³-hybridized carbons (Fsp3) is 0.650. The Balaban J connectivity index is 1.44. The van der Waals surface area contributed by atoms with Gasteiger partial charge in [-0.25, -0.2) is 8.42 Å². The quantitative estimate of drug-likeness (QED) is 0.641. The fourth-order valence-electron chi connectivity index (χ4n) is 4.81. The number of sulfone groups is 1. The van der Waals surface area contributed by atoms with Crippen LogP contribution < -0.4 is 0 Å². The SMILES string of the molecule is O=C1[C@@H]2CCCC[C@H]2C(=O)N1CCC(=O)N(Cc1ccco1)[C@H]1CCS(=O)(=O)C1. The van der Waals surface area contributed by atoms with Gasteiger partial charge in [-0.3, -0.25) is 19.3 Å². The van der Waals surface area contributed by atoms with Gasteiger partial charge in [0.2, 0.25) is 17.7 Å². The summed E-state index contributed by atoms with van der Waals surface area (Å²) in [6.07, 6.45) is 5.29. The third-order valence-corrected chi connectivity index (χ3v) is 8.11. The number of likely N-dealkylation sites (tertiary alicyclic amines) is 1. The fourth-order valence-corrected chi connectivity index (χ4v) is 6.55. The predicted octanol–water partition coefficient (Wildman–Crippen LogP) is 1.36. The number of nitrogens with zero attached hydrogens (tertiary/aromatic N) is 2. The number of furan rings is 1. The number of imide groups is 1. The molecule has 0 aromatic carbocycles. The zero-order valence-electron chi connectivity index (χ0n) is 16.3. The van der Waals surface area contributed by atoms with E-state index >= 15 is 0 Å². The summed E-state index contributed by atoms with van der Waals surface area (Å²) in [5.74, 6) is -0.476. The van der Waals surface area contributed by atoms with E-state index in [1.807, 2.05) is 0 Å². The summed E-state index contributed by atoms with van der Waals surface area (Å²) in [5, 5.41) is 0. The van der Waals surface area contributed by atoms with Crippen LogP contribution in [0.3, 0.4) is 0 Å². The first-order chi connectivity index (χ1) is 13.9. The molecule has 1 aromatic rings. The van der Waals surface area contributed by atoms with Crippen LogP contribution in [0, 0.1) is 11.8 Å². The normalized spacial score (nSPS) is 28.6. The Morgan fingerprint density at radius 2 is 1.83 bits per heavy atom. The first kappa shape index (κ1) is 20.1. The number of carbonyl (C=O) groups is 3. The zero-order valence-corrected chi connectivity index (χ0v) is 17.1. The molecule has 9 heteroatoms. The van der Waals surface area contributed by atoms with Crippen LogP contribution in [0.25, 0.3) is 0 Å². The lowest BCUT2D eigenvalue weighted by molar-refractivity contribution is -0.141. The number of hydrogen-bond acceptors (Lipinski definition) is 6. The molecule has 2 saturated heterocycles. The largest absolute Gasteiger partial charge is 0.467 e. The number of amides is 3. The second kappa shape index (κ2) is 7.93. The van der Waals surface area contributed by atoms with E-state index in [0.29, 0.717) is 12.2 Å². The van der Waals surface area contributed by atoms with E-state index in [2.05, 4.69) is 0 Å². The Labute approximate surface area is 170 Å². The lowest BCUT2D eigenvalue weighted by Crippen LogP contribution is -2.42. The Hall–Kier alpha value is -2.16. The summed E-state index contributed by atoms with van der Waals surface area (Å²) in [6, 6.07) is 3.04. The van der Waals surface area contributed by atoms with Crippen LogP contribution >= 0.6 is 0 Å². The Bertz CT molecular complexity index is 870. The van der Waals surface area contributed by atoms with Gasteiger partial charge in [0, 0.05) is 19.0 Å². The zero-order chi connectivity index (χ0) is 20.6. The van der Waals surface area contributed by atoms with Gasteiger partial charge in [-0.2, -0.15) is 0 Å². The molecule has 3 amide bonds. The summed E-state index contributed by atoms with van der Waals surface area (Å²) in [6.45, 7) is 0.233. The summed E-state index contributed by atoms with van der Waals surface area (Å²) in [7, 11) is -3.16. The van der Waals surface area contributed by atoms with Crippen molar-refractivity contribution in [1.82, 2.24) is 9.80 Å². The first-order valence-corrected chi connectivity index (χ1v) is 12.1. The molecular formula is C20H26N2O6S. The molecule has 0 unspecified atom stereocenters. The molecule has 3 fully saturated rings. The highest BCUT2D eigenvalue weighted by molar-refractivity contribution is 7.91. The average molecular weight is 423 g/mol. The topological polar surface area (TPSA) is 105 Å².